The molecule has 3 nitrogen and oxygen atoms in total. The molecule has 0 fully saturated rings. The van der Waals surface area contributed by atoms with Gasteiger partial charge in [-0.05, 0) is 43.4 Å². The number of anilines is 2. The molecular formula is C15H14F3N3. The highest BCUT2D eigenvalue weighted by Crippen LogP contribution is 2.35. The van der Waals surface area contributed by atoms with Crippen LogP contribution in [-0.2, 0) is 19.0 Å². The fourth-order valence-electron chi connectivity index (χ4n) is 2.50. The molecule has 0 saturated heterocycles. The van der Waals surface area contributed by atoms with Gasteiger partial charge >= 0.3 is 6.18 Å². The molecule has 1 aliphatic carbocycles. The third-order valence-electron chi connectivity index (χ3n) is 3.54. The molecule has 0 atom stereocenters. The normalized spacial score (nSPS) is 14.6. The molecule has 6 heteroatoms. The van der Waals surface area contributed by atoms with Crippen molar-refractivity contribution in [1.29, 1.82) is 0 Å². The number of para-hydroxylation sites is 1. The minimum Gasteiger partial charge on any atom is -0.324 e. The maximum Gasteiger partial charge on any atom is 0.418 e. The Morgan fingerprint density at radius 3 is 2.62 bits per heavy atom. The molecule has 2 aromatic rings. The van der Waals surface area contributed by atoms with Gasteiger partial charge < -0.3 is 5.32 Å². The Morgan fingerprint density at radius 2 is 1.81 bits per heavy atom. The van der Waals surface area contributed by atoms with Gasteiger partial charge in [-0.15, -0.1) is 0 Å². The first-order valence-electron chi connectivity index (χ1n) is 6.82. The number of aryl methyl sites for hydroxylation is 2. The summed E-state index contributed by atoms with van der Waals surface area (Å²) in [5.74, 6) is 0.215. The highest BCUT2D eigenvalue weighted by molar-refractivity contribution is 5.59. The number of hydrogen-bond donors (Lipinski definition) is 1. The van der Waals surface area contributed by atoms with E-state index in [2.05, 4.69) is 15.3 Å². The lowest BCUT2D eigenvalue weighted by atomic mass is 9.98. The van der Waals surface area contributed by atoms with Gasteiger partial charge in [0, 0.05) is 11.9 Å². The van der Waals surface area contributed by atoms with Crippen LogP contribution < -0.4 is 5.32 Å². The van der Waals surface area contributed by atoms with Gasteiger partial charge in [-0.1, -0.05) is 12.1 Å². The Hall–Kier alpha value is -2.11. The Kier molecular flexibility index (Phi) is 3.53. The van der Waals surface area contributed by atoms with Crippen molar-refractivity contribution in [3.05, 3.63) is 47.3 Å². The van der Waals surface area contributed by atoms with Crippen molar-refractivity contribution in [1.82, 2.24) is 9.97 Å². The van der Waals surface area contributed by atoms with Gasteiger partial charge in [0.25, 0.3) is 0 Å². The predicted molar refractivity (Wildman–Crippen MR) is 73.4 cm³/mol. The number of rotatable bonds is 2. The SMILES string of the molecule is FC(F)(F)c1ccccc1Nc1ncc2c(n1)CCCC2. The third-order valence-corrected chi connectivity index (χ3v) is 3.54. The summed E-state index contributed by atoms with van der Waals surface area (Å²) in [6.07, 6.45) is 1.27. The number of aromatic nitrogens is 2. The zero-order chi connectivity index (χ0) is 14.9. The molecule has 0 unspecified atom stereocenters. The van der Waals surface area contributed by atoms with Crippen LogP contribution in [0.3, 0.4) is 0 Å². The zero-order valence-electron chi connectivity index (χ0n) is 11.2. The van der Waals surface area contributed by atoms with E-state index in [1.165, 1.54) is 12.1 Å². The number of benzene rings is 1. The molecule has 3 rings (SSSR count). The van der Waals surface area contributed by atoms with E-state index < -0.39 is 11.7 Å². The van der Waals surface area contributed by atoms with E-state index in [4.69, 9.17) is 0 Å². The maximum atomic E-state index is 12.9. The van der Waals surface area contributed by atoms with Crippen LogP contribution in [0.25, 0.3) is 0 Å². The van der Waals surface area contributed by atoms with Gasteiger partial charge in [-0.3, -0.25) is 0 Å². The van der Waals surface area contributed by atoms with Crippen molar-refractivity contribution in [3.8, 4) is 0 Å². The van der Waals surface area contributed by atoms with Gasteiger partial charge in [-0.25, -0.2) is 9.97 Å². The molecule has 1 aromatic carbocycles. The fourth-order valence-corrected chi connectivity index (χ4v) is 2.50. The Bertz CT molecular complexity index is 653. The number of nitrogens with zero attached hydrogens (tertiary/aromatic N) is 2. The number of alkyl halides is 3. The molecule has 110 valence electrons. The molecule has 0 spiro atoms. The first-order chi connectivity index (χ1) is 10.0. The molecule has 0 aliphatic heterocycles. The summed E-state index contributed by atoms with van der Waals surface area (Å²) in [7, 11) is 0. The average Bonchev–Trinajstić information content (AvgIpc) is 2.46. The Balaban J connectivity index is 1.91. The van der Waals surface area contributed by atoms with Crippen molar-refractivity contribution in [2.75, 3.05) is 5.32 Å². The number of halogens is 3. The number of fused-ring (bicyclic) bond motifs is 1. The van der Waals surface area contributed by atoms with E-state index in [1.807, 2.05) is 0 Å². The molecule has 1 heterocycles. The van der Waals surface area contributed by atoms with Gasteiger partial charge in [0.1, 0.15) is 0 Å². The summed E-state index contributed by atoms with van der Waals surface area (Å²) in [5.41, 5.74) is 1.28. The quantitative estimate of drug-likeness (QED) is 0.905. The van der Waals surface area contributed by atoms with Crippen molar-refractivity contribution in [2.24, 2.45) is 0 Å². The smallest absolute Gasteiger partial charge is 0.324 e. The fraction of sp³-hybridized carbons (Fsp3) is 0.333. The number of nitrogens with one attached hydrogen (secondary N) is 1. The zero-order valence-corrected chi connectivity index (χ0v) is 11.2. The van der Waals surface area contributed by atoms with Crippen LogP contribution in [-0.4, -0.2) is 9.97 Å². The van der Waals surface area contributed by atoms with Gasteiger partial charge in [-0.2, -0.15) is 13.2 Å². The molecule has 1 aromatic heterocycles. The molecule has 0 amide bonds. The largest absolute Gasteiger partial charge is 0.418 e. The first-order valence-corrected chi connectivity index (χ1v) is 6.82. The molecular weight excluding hydrogens is 279 g/mol. The van der Waals surface area contributed by atoms with E-state index in [9.17, 15) is 13.2 Å². The van der Waals surface area contributed by atoms with Crippen LogP contribution in [0.4, 0.5) is 24.8 Å². The van der Waals surface area contributed by atoms with Gasteiger partial charge in [0.05, 0.1) is 11.3 Å². The summed E-state index contributed by atoms with van der Waals surface area (Å²) >= 11 is 0. The van der Waals surface area contributed by atoms with Crippen LogP contribution in [0.1, 0.15) is 29.7 Å². The Morgan fingerprint density at radius 1 is 1.05 bits per heavy atom. The molecule has 0 radical (unpaired) electrons. The summed E-state index contributed by atoms with van der Waals surface area (Å²) in [6, 6.07) is 5.34. The second-order valence-electron chi connectivity index (χ2n) is 5.04. The van der Waals surface area contributed by atoms with Crippen molar-refractivity contribution >= 4 is 11.6 Å². The lowest BCUT2D eigenvalue weighted by Crippen LogP contribution is -2.11. The lowest BCUT2D eigenvalue weighted by molar-refractivity contribution is -0.136. The van der Waals surface area contributed by atoms with Gasteiger partial charge in [0.2, 0.25) is 5.95 Å². The second-order valence-corrected chi connectivity index (χ2v) is 5.04. The minimum atomic E-state index is -4.40. The van der Waals surface area contributed by atoms with Crippen LogP contribution >= 0.6 is 0 Å². The van der Waals surface area contributed by atoms with E-state index >= 15 is 0 Å². The van der Waals surface area contributed by atoms with Crippen molar-refractivity contribution in [2.45, 2.75) is 31.9 Å². The summed E-state index contributed by atoms with van der Waals surface area (Å²) in [5, 5.41) is 2.69. The first kappa shape index (κ1) is 13.9. The standard InChI is InChI=1S/C15H14F3N3/c16-15(17,18)11-6-2-4-8-13(11)21-14-19-9-10-5-1-3-7-12(10)20-14/h2,4,6,8-9H,1,3,5,7H2,(H,19,20,21). The molecule has 0 bridgehead atoms. The van der Waals surface area contributed by atoms with E-state index in [0.29, 0.717) is 0 Å². The van der Waals surface area contributed by atoms with Crippen molar-refractivity contribution in [3.63, 3.8) is 0 Å². The van der Waals surface area contributed by atoms with Crippen LogP contribution in [0, 0.1) is 0 Å². The topological polar surface area (TPSA) is 37.8 Å². The molecule has 1 aliphatic rings. The van der Waals surface area contributed by atoms with Crippen LogP contribution in [0.2, 0.25) is 0 Å². The van der Waals surface area contributed by atoms with Crippen LogP contribution in [0.15, 0.2) is 30.5 Å². The van der Waals surface area contributed by atoms with Gasteiger partial charge in [0.15, 0.2) is 0 Å². The molecule has 0 saturated carbocycles. The Labute approximate surface area is 120 Å². The third kappa shape index (κ3) is 2.99. The minimum absolute atomic E-state index is 0.0271. The van der Waals surface area contributed by atoms with Crippen LogP contribution in [0.5, 0.6) is 0 Å². The van der Waals surface area contributed by atoms with E-state index in [-0.39, 0.29) is 11.6 Å². The van der Waals surface area contributed by atoms with E-state index in [1.54, 1.807) is 12.3 Å². The molecule has 21 heavy (non-hydrogen) atoms. The number of hydrogen-bond acceptors (Lipinski definition) is 3. The summed E-state index contributed by atoms with van der Waals surface area (Å²) < 4.78 is 38.8. The van der Waals surface area contributed by atoms with Crippen molar-refractivity contribution < 1.29 is 13.2 Å². The highest BCUT2D eigenvalue weighted by atomic mass is 19.4. The molecule has 1 N–H and O–H groups in total. The monoisotopic (exact) mass is 293 g/mol. The summed E-state index contributed by atoms with van der Waals surface area (Å²) in [4.78, 5) is 8.46. The highest BCUT2D eigenvalue weighted by Gasteiger charge is 2.33. The van der Waals surface area contributed by atoms with E-state index in [0.717, 1.165) is 43.0 Å². The average molecular weight is 293 g/mol. The lowest BCUT2D eigenvalue weighted by Gasteiger charge is -2.16. The summed E-state index contributed by atoms with van der Waals surface area (Å²) in [6.45, 7) is 0. The second kappa shape index (κ2) is 5.35. The maximum absolute atomic E-state index is 12.9. The predicted octanol–water partition coefficient (Wildman–Crippen LogP) is 4.12.